The first-order chi connectivity index (χ1) is 14.9. The summed E-state index contributed by atoms with van der Waals surface area (Å²) in [6.45, 7) is 4.52. The van der Waals surface area contributed by atoms with E-state index in [0.29, 0.717) is 28.6 Å². The molecule has 3 aromatic carbocycles. The maximum atomic E-state index is 10.7. The quantitative estimate of drug-likeness (QED) is 0.408. The fourth-order valence-electron chi connectivity index (χ4n) is 3.36. The Morgan fingerprint density at radius 2 is 1.74 bits per heavy atom. The van der Waals surface area contributed by atoms with Gasteiger partial charge in [0.15, 0.2) is 0 Å². The van der Waals surface area contributed by atoms with Gasteiger partial charge in [0.1, 0.15) is 18.1 Å². The Balaban J connectivity index is 1.65. The molecule has 0 radical (unpaired) electrons. The number of nitrogens with two attached hydrogens (primary N) is 1. The second-order valence-corrected chi connectivity index (χ2v) is 7.83. The molecule has 0 spiro atoms. The molecule has 6 heteroatoms. The summed E-state index contributed by atoms with van der Waals surface area (Å²) >= 11 is 6.01. The average molecular weight is 432 g/mol. The van der Waals surface area contributed by atoms with Crippen LogP contribution < -0.4 is 10.5 Å². The van der Waals surface area contributed by atoms with Gasteiger partial charge in [-0.3, -0.25) is 0 Å². The maximum absolute atomic E-state index is 10.7. The minimum absolute atomic E-state index is 0.0479. The van der Waals surface area contributed by atoms with Gasteiger partial charge in [-0.15, -0.1) is 0 Å². The third-order valence-electron chi connectivity index (χ3n) is 5.09. The summed E-state index contributed by atoms with van der Waals surface area (Å²) in [7, 11) is 0. The Bertz CT molecular complexity index is 1240. The van der Waals surface area contributed by atoms with Crippen LogP contribution in [0.15, 0.2) is 66.9 Å². The highest BCUT2D eigenvalue weighted by Gasteiger charge is 2.15. The number of nitrogen functional groups attached to an aromatic ring is 1. The number of aromatic hydroxyl groups is 1. The van der Waals surface area contributed by atoms with Crippen molar-refractivity contribution >= 4 is 17.5 Å². The zero-order chi connectivity index (χ0) is 22.0. The lowest BCUT2D eigenvalue weighted by Crippen LogP contribution is -2.00. The lowest BCUT2D eigenvalue weighted by atomic mass is 10.00. The van der Waals surface area contributed by atoms with E-state index in [9.17, 15) is 5.11 Å². The number of halogens is 1. The molecule has 156 valence electrons. The normalized spacial score (nSPS) is 10.8. The lowest BCUT2D eigenvalue weighted by molar-refractivity contribution is 0.303. The molecule has 0 saturated heterocycles. The van der Waals surface area contributed by atoms with Gasteiger partial charge >= 0.3 is 0 Å². The smallest absolute Gasteiger partial charge is 0.220 e. The zero-order valence-electron chi connectivity index (χ0n) is 17.3. The van der Waals surface area contributed by atoms with Gasteiger partial charge in [-0.2, -0.15) is 0 Å². The van der Waals surface area contributed by atoms with E-state index < -0.39 is 0 Å². The van der Waals surface area contributed by atoms with Crippen LogP contribution in [0, 0.1) is 13.8 Å². The molecule has 0 atom stereocenters. The van der Waals surface area contributed by atoms with Gasteiger partial charge in [-0.05, 0) is 54.8 Å². The average Bonchev–Trinajstić information content (AvgIpc) is 2.75. The van der Waals surface area contributed by atoms with E-state index in [2.05, 4.69) is 42.0 Å². The van der Waals surface area contributed by atoms with Crippen molar-refractivity contribution in [1.82, 2.24) is 9.97 Å². The molecule has 1 aromatic heterocycles. The third-order valence-corrected chi connectivity index (χ3v) is 5.34. The molecule has 0 fully saturated rings. The Kier molecular flexibility index (Phi) is 5.78. The minimum Gasteiger partial charge on any atom is -0.507 e. The van der Waals surface area contributed by atoms with E-state index in [1.807, 2.05) is 18.2 Å². The summed E-state index contributed by atoms with van der Waals surface area (Å²) in [5.74, 6) is 0.742. The number of benzene rings is 3. The second kappa shape index (κ2) is 8.66. The van der Waals surface area contributed by atoms with Crippen LogP contribution in [0.1, 0.15) is 16.7 Å². The van der Waals surface area contributed by atoms with E-state index in [1.165, 1.54) is 5.56 Å². The van der Waals surface area contributed by atoms with Crippen molar-refractivity contribution in [3.05, 3.63) is 88.6 Å². The number of phenolic OH excluding ortho intramolecular Hbond substituents is 1. The molecule has 0 aliphatic heterocycles. The SMILES string of the molecule is Cc1ccc(C)c(COc2ccc(-c3nc(N)ncc3-c3ccc(Cl)cc3)c(O)c2)c1. The molecule has 3 N–H and O–H groups in total. The van der Waals surface area contributed by atoms with Gasteiger partial charge in [0.05, 0.1) is 5.69 Å². The zero-order valence-corrected chi connectivity index (χ0v) is 18.0. The molecule has 0 saturated carbocycles. The molecular formula is C25H22ClN3O2. The van der Waals surface area contributed by atoms with Crippen molar-refractivity contribution in [1.29, 1.82) is 0 Å². The summed E-state index contributed by atoms with van der Waals surface area (Å²) < 4.78 is 5.92. The summed E-state index contributed by atoms with van der Waals surface area (Å²) in [5, 5.41) is 11.4. The van der Waals surface area contributed by atoms with Gasteiger partial charge in [-0.25, -0.2) is 9.97 Å². The molecule has 5 nitrogen and oxygen atoms in total. The molecule has 4 aromatic rings. The number of aryl methyl sites for hydroxylation is 2. The first-order valence-corrected chi connectivity index (χ1v) is 10.2. The molecule has 0 aliphatic carbocycles. The molecule has 1 heterocycles. The van der Waals surface area contributed by atoms with E-state index >= 15 is 0 Å². The highest BCUT2D eigenvalue weighted by molar-refractivity contribution is 6.30. The van der Waals surface area contributed by atoms with E-state index in [0.717, 1.165) is 22.3 Å². The third kappa shape index (κ3) is 4.62. The molecule has 0 unspecified atom stereocenters. The first kappa shape index (κ1) is 20.7. The van der Waals surface area contributed by atoms with Crippen LogP contribution in [0.3, 0.4) is 0 Å². The molecule has 0 amide bonds. The number of anilines is 1. The highest BCUT2D eigenvalue weighted by Crippen LogP contribution is 2.37. The van der Waals surface area contributed by atoms with Crippen LogP contribution in [-0.2, 0) is 6.61 Å². The van der Waals surface area contributed by atoms with E-state index in [-0.39, 0.29) is 11.7 Å². The first-order valence-electron chi connectivity index (χ1n) is 9.81. The Morgan fingerprint density at radius 1 is 0.968 bits per heavy atom. The fraction of sp³-hybridized carbons (Fsp3) is 0.120. The van der Waals surface area contributed by atoms with Crippen molar-refractivity contribution in [3.8, 4) is 33.9 Å². The van der Waals surface area contributed by atoms with Crippen LogP contribution >= 0.6 is 11.6 Å². The minimum atomic E-state index is 0.0479. The van der Waals surface area contributed by atoms with Crippen molar-refractivity contribution in [2.45, 2.75) is 20.5 Å². The van der Waals surface area contributed by atoms with Gasteiger partial charge < -0.3 is 15.6 Å². The standard InChI is InChI=1S/C25H22ClN3O2/c1-15-3-4-16(2)18(11-15)14-31-20-9-10-21(23(30)12-20)24-22(13-28-25(27)29-24)17-5-7-19(26)8-6-17/h3-13,30H,14H2,1-2H3,(H2,27,28,29). The number of aromatic nitrogens is 2. The van der Waals surface area contributed by atoms with E-state index in [1.54, 1.807) is 30.5 Å². The highest BCUT2D eigenvalue weighted by atomic mass is 35.5. The summed E-state index contributed by atoms with van der Waals surface area (Å²) in [5.41, 5.74) is 12.0. The predicted octanol–water partition coefficient (Wildman–Crippen LogP) is 5.95. The van der Waals surface area contributed by atoms with Gasteiger partial charge in [0.25, 0.3) is 0 Å². The van der Waals surface area contributed by atoms with Crippen LogP contribution in [0.5, 0.6) is 11.5 Å². The molecular weight excluding hydrogens is 410 g/mol. The van der Waals surface area contributed by atoms with Crippen molar-refractivity contribution < 1.29 is 9.84 Å². The molecule has 0 aliphatic rings. The molecule has 0 bridgehead atoms. The van der Waals surface area contributed by atoms with Crippen LogP contribution in [0.2, 0.25) is 5.02 Å². The number of hydrogen-bond donors (Lipinski definition) is 2. The number of phenols is 1. The second-order valence-electron chi connectivity index (χ2n) is 7.39. The predicted molar refractivity (Wildman–Crippen MR) is 124 cm³/mol. The maximum Gasteiger partial charge on any atom is 0.220 e. The van der Waals surface area contributed by atoms with Crippen molar-refractivity contribution in [3.63, 3.8) is 0 Å². The topological polar surface area (TPSA) is 81.3 Å². The monoisotopic (exact) mass is 431 g/mol. The number of rotatable bonds is 5. The van der Waals surface area contributed by atoms with E-state index in [4.69, 9.17) is 22.1 Å². The summed E-state index contributed by atoms with van der Waals surface area (Å²) in [4.78, 5) is 8.50. The van der Waals surface area contributed by atoms with Crippen molar-refractivity contribution in [2.75, 3.05) is 5.73 Å². The number of nitrogens with zero attached hydrogens (tertiary/aromatic N) is 2. The van der Waals surface area contributed by atoms with Gasteiger partial charge in [0, 0.05) is 28.4 Å². The number of hydrogen-bond acceptors (Lipinski definition) is 5. The van der Waals surface area contributed by atoms with Crippen LogP contribution in [-0.4, -0.2) is 15.1 Å². The Hall–Kier alpha value is -3.57. The Morgan fingerprint density at radius 3 is 2.48 bits per heavy atom. The Labute approximate surface area is 186 Å². The summed E-state index contributed by atoms with van der Waals surface area (Å²) in [6, 6.07) is 18.8. The van der Waals surface area contributed by atoms with Gasteiger partial charge in [0.2, 0.25) is 5.95 Å². The van der Waals surface area contributed by atoms with Crippen LogP contribution in [0.4, 0.5) is 5.95 Å². The fourth-order valence-corrected chi connectivity index (χ4v) is 3.49. The molecule has 4 rings (SSSR count). The van der Waals surface area contributed by atoms with Crippen molar-refractivity contribution in [2.24, 2.45) is 0 Å². The largest absolute Gasteiger partial charge is 0.507 e. The lowest BCUT2D eigenvalue weighted by Gasteiger charge is -2.13. The summed E-state index contributed by atoms with van der Waals surface area (Å²) in [6.07, 6.45) is 1.64. The van der Waals surface area contributed by atoms with Gasteiger partial charge in [-0.1, -0.05) is 47.5 Å². The molecule has 31 heavy (non-hydrogen) atoms. The number of ether oxygens (including phenoxy) is 1. The van der Waals surface area contributed by atoms with Crippen LogP contribution in [0.25, 0.3) is 22.4 Å².